The van der Waals surface area contributed by atoms with E-state index in [1.54, 1.807) is 36.4 Å². The lowest BCUT2D eigenvalue weighted by Crippen LogP contribution is -2.45. The number of nitrogens with two attached hydrogens (primary N) is 2. The maximum atomic E-state index is 14.3. The first-order valence-electron chi connectivity index (χ1n) is 12.9. The second-order valence-electron chi connectivity index (χ2n) is 9.27. The van der Waals surface area contributed by atoms with Crippen LogP contribution in [0.2, 0.25) is 0 Å². The van der Waals surface area contributed by atoms with Gasteiger partial charge in [-0.2, -0.15) is 4.37 Å². The van der Waals surface area contributed by atoms with Crippen LogP contribution in [0, 0.1) is 6.92 Å². The van der Waals surface area contributed by atoms with Gasteiger partial charge in [-0.15, -0.1) is 0 Å². The van der Waals surface area contributed by atoms with Crippen molar-refractivity contribution >= 4 is 40.6 Å². The van der Waals surface area contributed by atoms with Crippen LogP contribution in [-0.2, 0) is 9.53 Å². The molecule has 0 saturated carbocycles. The minimum atomic E-state index is -1.15. The van der Waals surface area contributed by atoms with Gasteiger partial charge >= 0.3 is 0 Å². The number of nitrogens with one attached hydrogen (secondary N) is 1. The maximum Gasteiger partial charge on any atom is 0.273 e. The molecule has 3 amide bonds. The third kappa shape index (κ3) is 6.18. The van der Waals surface area contributed by atoms with Crippen LogP contribution in [0.3, 0.4) is 0 Å². The van der Waals surface area contributed by atoms with Crippen molar-refractivity contribution in [3.63, 3.8) is 0 Å². The second-order valence-corrected chi connectivity index (χ2v) is 10.0. The highest BCUT2D eigenvalue weighted by molar-refractivity contribution is 7.09. The number of carbonyl (C=O) groups is 3. The molecule has 4 rings (SSSR count). The molecule has 1 aliphatic heterocycles. The van der Waals surface area contributed by atoms with E-state index in [4.69, 9.17) is 25.7 Å². The summed E-state index contributed by atoms with van der Waals surface area (Å²) in [5.41, 5.74) is 12.9. The van der Waals surface area contributed by atoms with E-state index >= 15 is 0 Å². The topological polar surface area (TPSA) is 159 Å². The Bertz CT molecular complexity index is 1370. The van der Waals surface area contributed by atoms with E-state index in [9.17, 15) is 14.4 Å². The minimum absolute atomic E-state index is 0.0276. The Hall–Kier alpha value is -4.16. The molecule has 0 aliphatic carbocycles. The zero-order valence-electron chi connectivity index (χ0n) is 22.6. The summed E-state index contributed by atoms with van der Waals surface area (Å²) in [6.45, 7) is 5.14. The SMILES string of the molecule is CCOc1ccc([C@H](C(=O)NC[C@@H]2CCCO2)N(C(=O)c2snc(C(N)=O)c2N)c2cc(C)ccc2OC)cc1. The Morgan fingerprint density at radius 1 is 1.23 bits per heavy atom. The molecule has 1 aromatic heterocycles. The molecule has 0 spiro atoms. The van der Waals surface area contributed by atoms with Gasteiger partial charge in [0.15, 0.2) is 5.69 Å². The number of aryl methyl sites for hydroxylation is 1. The Balaban J connectivity index is 1.87. The van der Waals surface area contributed by atoms with Gasteiger partial charge in [0.25, 0.3) is 11.8 Å². The highest BCUT2D eigenvalue weighted by atomic mass is 32.1. The summed E-state index contributed by atoms with van der Waals surface area (Å²) in [7, 11) is 1.48. The van der Waals surface area contributed by atoms with Crippen molar-refractivity contribution in [1.82, 2.24) is 9.69 Å². The van der Waals surface area contributed by atoms with Crippen LogP contribution in [0.5, 0.6) is 11.5 Å². The molecular formula is C28H33N5O6S. The normalized spacial score (nSPS) is 15.3. The molecule has 2 aromatic carbocycles. The van der Waals surface area contributed by atoms with E-state index in [0.717, 1.165) is 29.9 Å². The number of nitrogens with zero attached hydrogens (tertiary/aromatic N) is 2. The Kier molecular flexibility index (Phi) is 9.22. The number of hydrogen-bond donors (Lipinski definition) is 3. The first-order valence-corrected chi connectivity index (χ1v) is 13.7. The number of hydrogen-bond acceptors (Lipinski definition) is 9. The van der Waals surface area contributed by atoms with Gasteiger partial charge in [-0.3, -0.25) is 19.3 Å². The van der Waals surface area contributed by atoms with E-state index in [2.05, 4.69) is 9.69 Å². The number of amides is 3. The predicted molar refractivity (Wildman–Crippen MR) is 152 cm³/mol. The summed E-state index contributed by atoms with van der Waals surface area (Å²) in [6.07, 6.45) is 1.63. The highest BCUT2D eigenvalue weighted by Gasteiger charge is 2.38. The summed E-state index contributed by atoms with van der Waals surface area (Å²) >= 11 is 0.741. The molecule has 2 heterocycles. The Morgan fingerprint density at radius 2 is 1.98 bits per heavy atom. The number of primary amides is 1. The predicted octanol–water partition coefficient (Wildman–Crippen LogP) is 3.22. The van der Waals surface area contributed by atoms with Gasteiger partial charge in [-0.1, -0.05) is 18.2 Å². The van der Waals surface area contributed by atoms with Gasteiger partial charge in [-0.25, -0.2) is 0 Å². The fourth-order valence-corrected chi connectivity index (χ4v) is 5.28. The molecule has 11 nitrogen and oxygen atoms in total. The van der Waals surface area contributed by atoms with Gasteiger partial charge in [-0.05, 0) is 73.6 Å². The molecule has 1 fully saturated rings. The Labute approximate surface area is 236 Å². The molecule has 0 unspecified atom stereocenters. The number of ether oxygens (including phenoxy) is 3. The van der Waals surface area contributed by atoms with Crippen molar-refractivity contribution in [2.45, 2.75) is 38.8 Å². The fourth-order valence-electron chi connectivity index (χ4n) is 4.54. The lowest BCUT2D eigenvalue weighted by molar-refractivity contribution is -0.123. The Morgan fingerprint density at radius 3 is 2.58 bits per heavy atom. The van der Waals surface area contributed by atoms with Gasteiger partial charge in [0.05, 0.1) is 31.2 Å². The monoisotopic (exact) mass is 567 g/mol. The quantitative estimate of drug-likeness (QED) is 0.318. The molecule has 5 N–H and O–H groups in total. The molecular weight excluding hydrogens is 534 g/mol. The van der Waals surface area contributed by atoms with Gasteiger partial charge in [0, 0.05) is 13.2 Å². The van der Waals surface area contributed by atoms with Gasteiger partial charge in [0.1, 0.15) is 22.4 Å². The molecule has 1 saturated heterocycles. The van der Waals surface area contributed by atoms with Crippen LogP contribution in [0.25, 0.3) is 0 Å². The van der Waals surface area contributed by atoms with Crippen molar-refractivity contribution < 1.29 is 28.6 Å². The van der Waals surface area contributed by atoms with E-state index < -0.39 is 23.8 Å². The van der Waals surface area contributed by atoms with E-state index in [-0.39, 0.29) is 28.9 Å². The van der Waals surface area contributed by atoms with Gasteiger partial charge < -0.3 is 31.0 Å². The standard InChI is InChI=1S/C28H33N5O6S/c1-4-38-18-10-8-17(9-11-18)24(27(35)31-15-19-6-5-13-39-19)33(20-14-16(2)7-12-21(20)37-3)28(36)25-22(29)23(26(30)34)32-40-25/h7-12,14,19,24H,4-6,13,15,29H2,1-3H3,(H2,30,34)(H,31,35)/t19-,24+/m0/s1. The molecule has 12 heteroatoms. The van der Waals surface area contributed by atoms with Crippen molar-refractivity contribution in [2.24, 2.45) is 5.73 Å². The number of anilines is 2. The number of rotatable bonds is 11. The van der Waals surface area contributed by atoms with E-state index in [0.29, 0.717) is 36.0 Å². The average Bonchev–Trinajstić information content (AvgIpc) is 3.60. The highest BCUT2D eigenvalue weighted by Crippen LogP contribution is 2.39. The average molecular weight is 568 g/mol. The van der Waals surface area contributed by atoms with Crippen molar-refractivity contribution in [3.05, 3.63) is 64.2 Å². The zero-order valence-corrected chi connectivity index (χ0v) is 23.5. The number of methoxy groups -OCH3 is 1. The van der Waals surface area contributed by atoms with Crippen molar-refractivity contribution in [2.75, 3.05) is 37.5 Å². The van der Waals surface area contributed by atoms with E-state index in [1.165, 1.54) is 12.0 Å². The largest absolute Gasteiger partial charge is 0.495 e. The number of nitrogen functional groups attached to an aromatic ring is 1. The second kappa shape index (κ2) is 12.8. The van der Waals surface area contributed by atoms with Crippen LogP contribution in [0.1, 0.15) is 57.1 Å². The molecule has 1 aliphatic rings. The summed E-state index contributed by atoms with van der Waals surface area (Å²) in [6, 6.07) is 11.1. The van der Waals surface area contributed by atoms with Crippen molar-refractivity contribution in [1.29, 1.82) is 0 Å². The number of aromatic nitrogens is 1. The van der Waals surface area contributed by atoms with Gasteiger partial charge in [0.2, 0.25) is 5.91 Å². The van der Waals surface area contributed by atoms with Crippen LogP contribution in [0.4, 0.5) is 11.4 Å². The lowest BCUT2D eigenvalue weighted by atomic mass is 10.0. The lowest BCUT2D eigenvalue weighted by Gasteiger charge is -2.32. The first kappa shape index (κ1) is 28.8. The van der Waals surface area contributed by atoms with Crippen LogP contribution < -0.4 is 31.2 Å². The van der Waals surface area contributed by atoms with Crippen LogP contribution in [0.15, 0.2) is 42.5 Å². The minimum Gasteiger partial charge on any atom is -0.495 e. The zero-order chi connectivity index (χ0) is 28.8. The smallest absolute Gasteiger partial charge is 0.273 e. The molecule has 212 valence electrons. The number of carbonyl (C=O) groups excluding carboxylic acids is 3. The maximum absolute atomic E-state index is 14.3. The summed E-state index contributed by atoms with van der Waals surface area (Å²) in [5.74, 6) is -0.953. The van der Waals surface area contributed by atoms with Crippen molar-refractivity contribution in [3.8, 4) is 11.5 Å². The fraction of sp³-hybridized carbons (Fsp3) is 0.357. The first-order chi connectivity index (χ1) is 19.2. The molecule has 0 bridgehead atoms. The summed E-state index contributed by atoms with van der Waals surface area (Å²) in [5, 5.41) is 2.96. The molecule has 40 heavy (non-hydrogen) atoms. The van der Waals surface area contributed by atoms with Crippen LogP contribution >= 0.6 is 11.5 Å². The molecule has 0 radical (unpaired) electrons. The third-order valence-electron chi connectivity index (χ3n) is 6.51. The van der Waals surface area contributed by atoms with E-state index in [1.807, 2.05) is 19.9 Å². The summed E-state index contributed by atoms with van der Waals surface area (Å²) < 4.78 is 20.9. The van der Waals surface area contributed by atoms with Crippen LogP contribution in [-0.4, -0.2) is 55.1 Å². The third-order valence-corrected chi connectivity index (χ3v) is 7.36. The molecule has 3 aromatic rings. The number of benzene rings is 2. The molecule has 2 atom stereocenters. The summed E-state index contributed by atoms with van der Waals surface area (Å²) in [4.78, 5) is 41.5.